The predicted octanol–water partition coefficient (Wildman–Crippen LogP) is 2.51. The van der Waals surface area contributed by atoms with Crippen molar-refractivity contribution < 1.29 is 14.3 Å². The van der Waals surface area contributed by atoms with Gasteiger partial charge >= 0.3 is 0 Å². The van der Waals surface area contributed by atoms with Gasteiger partial charge in [-0.3, -0.25) is 4.79 Å². The molecule has 5 heteroatoms. The van der Waals surface area contributed by atoms with Gasteiger partial charge in [0.05, 0.1) is 24.9 Å². The van der Waals surface area contributed by atoms with E-state index in [9.17, 15) is 4.79 Å². The zero-order valence-corrected chi connectivity index (χ0v) is 14.8. The van der Waals surface area contributed by atoms with E-state index >= 15 is 0 Å². The van der Waals surface area contributed by atoms with Crippen LogP contribution in [0.5, 0.6) is 5.75 Å². The molecule has 2 N–H and O–H groups in total. The van der Waals surface area contributed by atoms with Crippen LogP contribution in [0.15, 0.2) is 24.3 Å². The van der Waals surface area contributed by atoms with Crippen molar-refractivity contribution in [2.75, 3.05) is 26.3 Å². The average Bonchev–Trinajstić information content (AvgIpc) is 3.06. The lowest BCUT2D eigenvalue weighted by Gasteiger charge is -2.38. The molecule has 1 aromatic rings. The lowest BCUT2D eigenvalue weighted by atomic mass is 9.90. The van der Waals surface area contributed by atoms with Crippen LogP contribution in [0.1, 0.15) is 48.9 Å². The van der Waals surface area contributed by atoms with E-state index in [0.717, 1.165) is 31.9 Å². The van der Waals surface area contributed by atoms with Crippen LogP contribution in [0, 0.1) is 5.92 Å². The summed E-state index contributed by atoms with van der Waals surface area (Å²) in [6.07, 6.45) is 7.48. The molecule has 0 aromatic heterocycles. The summed E-state index contributed by atoms with van der Waals surface area (Å²) in [7, 11) is 0. The molecule has 0 radical (unpaired) electrons. The molecule has 1 atom stereocenters. The Balaban J connectivity index is 1.25. The smallest absolute Gasteiger partial charge is 0.251 e. The molecular weight excluding hydrogens is 316 g/mol. The predicted molar refractivity (Wildman–Crippen MR) is 95.9 cm³/mol. The van der Waals surface area contributed by atoms with Crippen molar-refractivity contribution in [1.29, 1.82) is 0 Å². The fourth-order valence-electron chi connectivity index (χ4n) is 4.13. The topological polar surface area (TPSA) is 59.6 Å². The van der Waals surface area contributed by atoms with E-state index in [-0.39, 0.29) is 17.6 Å². The Morgan fingerprint density at radius 1 is 1.20 bits per heavy atom. The maximum Gasteiger partial charge on any atom is 0.251 e. The van der Waals surface area contributed by atoms with E-state index in [1.807, 2.05) is 24.3 Å². The van der Waals surface area contributed by atoms with Gasteiger partial charge in [0.25, 0.3) is 5.91 Å². The minimum atomic E-state index is -0.0330. The normalized spacial score (nSPS) is 25.5. The van der Waals surface area contributed by atoms with Gasteiger partial charge in [0.1, 0.15) is 5.75 Å². The number of ether oxygens (including phenoxy) is 2. The van der Waals surface area contributed by atoms with E-state index in [1.54, 1.807) is 0 Å². The first-order valence-corrected chi connectivity index (χ1v) is 9.61. The molecule has 4 rings (SSSR count). The van der Waals surface area contributed by atoms with Crippen molar-refractivity contribution in [3.05, 3.63) is 29.8 Å². The molecule has 2 saturated heterocycles. The van der Waals surface area contributed by atoms with Crippen molar-refractivity contribution in [2.45, 2.75) is 50.2 Å². The van der Waals surface area contributed by atoms with E-state index in [0.29, 0.717) is 18.1 Å². The summed E-state index contributed by atoms with van der Waals surface area (Å²) in [5.74, 6) is 1.51. The summed E-state index contributed by atoms with van der Waals surface area (Å²) >= 11 is 0. The Morgan fingerprint density at radius 3 is 2.60 bits per heavy atom. The van der Waals surface area contributed by atoms with Gasteiger partial charge in [-0.15, -0.1) is 0 Å². The van der Waals surface area contributed by atoms with Crippen LogP contribution in [0.3, 0.4) is 0 Å². The van der Waals surface area contributed by atoms with Crippen LogP contribution in [0.25, 0.3) is 0 Å². The largest absolute Gasteiger partial charge is 0.493 e. The van der Waals surface area contributed by atoms with E-state index in [4.69, 9.17) is 9.47 Å². The molecule has 5 nitrogen and oxygen atoms in total. The Kier molecular flexibility index (Phi) is 4.95. The minimum absolute atomic E-state index is 0.0308. The van der Waals surface area contributed by atoms with Crippen molar-refractivity contribution in [2.24, 2.45) is 5.92 Å². The third kappa shape index (κ3) is 3.98. The summed E-state index contributed by atoms with van der Waals surface area (Å²) in [6.45, 7) is 3.19. The van der Waals surface area contributed by atoms with Crippen LogP contribution >= 0.6 is 0 Å². The average molecular weight is 344 g/mol. The highest BCUT2D eigenvalue weighted by molar-refractivity contribution is 5.94. The summed E-state index contributed by atoms with van der Waals surface area (Å²) in [5.41, 5.74) is 0.645. The Morgan fingerprint density at radius 2 is 1.96 bits per heavy atom. The second-order valence-electron chi connectivity index (χ2n) is 7.81. The van der Waals surface area contributed by atoms with Gasteiger partial charge in [0.2, 0.25) is 0 Å². The highest BCUT2D eigenvalue weighted by Gasteiger charge is 2.45. The molecule has 25 heavy (non-hydrogen) atoms. The van der Waals surface area contributed by atoms with E-state index < -0.39 is 0 Å². The highest BCUT2D eigenvalue weighted by Crippen LogP contribution is 2.29. The molecular formula is C20H28N2O3. The van der Waals surface area contributed by atoms with Crippen molar-refractivity contribution in [3.63, 3.8) is 0 Å². The second kappa shape index (κ2) is 7.34. The van der Waals surface area contributed by atoms with Crippen molar-refractivity contribution in [1.82, 2.24) is 10.6 Å². The molecule has 1 unspecified atom stereocenters. The maximum absolute atomic E-state index is 12.4. The zero-order chi connectivity index (χ0) is 17.1. The quantitative estimate of drug-likeness (QED) is 0.862. The molecule has 1 saturated carbocycles. The number of hydrogen-bond donors (Lipinski definition) is 2. The molecule has 3 aliphatic rings. The number of carbonyl (C=O) groups excluding carboxylic acids is 1. The molecule has 3 fully saturated rings. The van der Waals surface area contributed by atoms with Gasteiger partial charge in [0, 0.05) is 25.1 Å². The second-order valence-corrected chi connectivity index (χ2v) is 7.81. The zero-order valence-electron chi connectivity index (χ0n) is 14.8. The summed E-state index contributed by atoms with van der Waals surface area (Å²) in [4.78, 5) is 12.4. The number of amides is 1. The first-order chi connectivity index (χ1) is 12.2. The molecule has 1 aliphatic carbocycles. The molecule has 1 amide bonds. The van der Waals surface area contributed by atoms with Crippen LogP contribution in [0.2, 0.25) is 0 Å². The minimum Gasteiger partial charge on any atom is -0.493 e. The number of nitrogens with one attached hydrogen (secondary N) is 2. The van der Waals surface area contributed by atoms with Crippen LogP contribution < -0.4 is 15.4 Å². The van der Waals surface area contributed by atoms with Gasteiger partial charge in [0.15, 0.2) is 0 Å². The first kappa shape index (κ1) is 16.9. The summed E-state index contributed by atoms with van der Waals surface area (Å²) in [6, 6.07) is 7.61. The first-order valence-electron chi connectivity index (χ1n) is 9.61. The Bertz CT molecular complexity index is 591. The van der Waals surface area contributed by atoms with Crippen molar-refractivity contribution in [3.8, 4) is 5.75 Å². The molecule has 1 spiro atoms. The SMILES string of the molecule is O=C(NC1COC2(CNC2)C1)c1ccc(OCC2CCCCC2)cc1. The van der Waals surface area contributed by atoms with Gasteiger partial charge in [-0.1, -0.05) is 19.3 Å². The van der Waals surface area contributed by atoms with Crippen molar-refractivity contribution >= 4 is 5.91 Å². The van der Waals surface area contributed by atoms with Crippen LogP contribution in [0.4, 0.5) is 0 Å². The van der Waals surface area contributed by atoms with Gasteiger partial charge in [-0.2, -0.15) is 0 Å². The number of benzene rings is 1. The Labute approximate surface area is 149 Å². The fraction of sp³-hybridized carbons (Fsp3) is 0.650. The third-order valence-corrected chi connectivity index (χ3v) is 5.77. The molecule has 0 bridgehead atoms. The number of hydrogen-bond acceptors (Lipinski definition) is 4. The molecule has 136 valence electrons. The molecule has 2 heterocycles. The molecule has 2 aliphatic heterocycles. The summed E-state index contributed by atoms with van der Waals surface area (Å²) in [5, 5.41) is 6.33. The number of rotatable bonds is 5. The third-order valence-electron chi connectivity index (χ3n) is 5.77. The summed E-state index contributed by atoms with van der Waals surface area (Å²) < 4.78 is 11.7. The van der Waals surface area contributed by atoms with Gasteiger partial charge in [-0.25, -0.2) is 0 Å². The Hall–Kier alpha value is -1.59. The lowest BCUT2D eigenvalue weighted by molar-refractivity contribution is -0.0360. The highest BCUT2D eigenvalue weighted by atomic mass is 16.5. The van der Waals surface area contributed by atoms with E-state index in [1.165, 1.54) is 32.1 Å². The van der Waals surface area contributed by atoms with Crippen LogP contribution in [-0.2, 0) is 4.74 Å². The molecule has 1 aromatic carbocycles. The van der Waals surface area contributed by atoms with Gasteiger partial charge in [-0.05, 0) is 43.0 Å². The number of carbonyl (C=O) groups is 1. The van der Waals surface area contributed by atoms with Crippen LogP contribution in [-0.4, -0.2) is 43.9 Å². The van der Waals surface area contributed by atoms with E-state index in [2.05, 4.69) is 10.6 Å². The monoisotopic (exact) mass is 344 g/mol. The lowest BCUT2D eigenvalue weighted by Crippen LogP contribution is -2.59. The van der Waals surface area contributed by atoms with Gasteiger partial charge < -0.3 is 20.1 Å². The maximum atomic E-state index is 12.4. The standard InChI is InChI=1S/C20H28N2O3/c23-19(22-17-10-20(25-12-17)13-21-14-20)16-6-8-18(9-7-16)24-11-15-4-2-1-3-5-15/h6-9,15,17,21H,1-5,10-14H2,(H,22,23). The fourth-order valence-corrected chi connectivity index (χ4v) is 4.13.